The molecule has 2 aromatic heterocycles. The molecule has 0 amide bonds. The van der Waals surface area contributed by atoms with Crippen LogP contribution in [0.2, 0.25) is 0 Å². The molecule has 0 radical (unpaired) electrons. The van der Waals surface area contributed by atoms with Gasteiger partial charge < -0.3 is 10.2 Å². The normalized spacial score (nSPS) is 24.8. The van der Waals surface area contributed by atoms with E-state index in [-0.39, 0.29) is 0 Å². The zero-order chi connectivity index (χ0) is 14.4. The molecular weight excluding hydrogens is 264 g/mol. The van der Waals surface area contributed by atoms with E-state index in [0.29, 0.717) is 11.9 Å². The smallest absolute Gasteiger partial charge is 0.220 e. The van der Waals surface area contributed by atoms with E-state index >= 15 is 0 Å². The van der Waals surface area contributed by atoms with E-state index in [1.807, 2.05) is 6.20 Å². The van der Waals surface area contributed by atoms with Crippen molar-refractivity contribution in [1.82, 2.24) is 14.9 Å². The second-order valence-corrected chi connectivity index (χ2v) is 6.28. The number of nitrogens with zero attached hydrogens (tertiary/aromatic N) is 3. The zero-order valence-electron chi connectivity index (χ0n) is 12.2. The maximum Gasteiger partial charge on any atom is 0.220 e. The van der Waals surface area contributed by atoms with Crippen LogP contribution in [-0.2, 0) is 19.5 Å². The van der Waals surface area contributed by atoms with Crippen molar-refractivity contribution in [3.8, 4) is 0 Å². The Morgan fingerprint density at radius 1 is 1.43 bits per heavy atom. The molecule has 1 aliphatic carbocycles. The molecule has 1 saturated carbocycles. The van der Waals surface area contributed by atoms with E-state index in [1.54, 1.807) is 0 Å². The first-order valence-corrected chi connectivity index (χ1v) is 7.60. The maximum atomic E-state index is 5.99. The second kappa shape index (κ2) is 4.84. The van der Waals surface area contributed by atoms with Crippen molar-refractivity contribution in [3.05, 3.63) is 41.1 Å². The Labute approximate surface area is 124 Å². The third kappa shape index (κ3) is 2.53. The molecule has 2 N–H and O–H groups in total. The van der Waals surface area contributed by atoms with Gasteiger partial charge in [-0.3, -0.25) is 4.90 Å². The summed E-state index contributed by atoms with van der Waals surface area (Å²) in [4.78, 5) is 10.8. The Kier molecular flexibility index (Phi) is 2.96. The molecule has 1 fully saturated rings. The molecule has 5 nitrogen and oxygen atoms in total. The predicted molar refractivity (Wildman–Crippen MR) is 79.5 cm³/mol. The van der Waals surface area contributed by atoms with E-state index in [1.165, 1.54) is 12.0 Å². The van der Waals surface area contributed by atoms with Crippen LogP contribution in [0.5, 0.6) is 0 Å². The van der Waals surface area contributed by atoms with Crippen LogP contribution >= 0.6 is 0 Å². The van der Waals surface area contributed by atoms with E-state index < -0.39 is 0 Å². The summed E-state index contributed by atoms with van der Waals surface area (Å²) in [6, 6.07) is 4.26. The average Bonchev–Trinajstić information content (AvgIpc) is 3.02. The molecule has 110 valence electrons. The number of nitrogen functional groups attached to an aromatic ring is 1. The van der Waals surface area contributed by atoms with Crippen molar-refractivity contribution in [3.63, 3.8) is 0 Å². The quantitative estimate of drug-likeness (QED) is 0.937. The van der Waals surface area contributed by atoms with Crippen LogP contribution in [0.4, 0.5) is 5.95 Å². The molecule has 5 heteroatoms. The summed E-state index contributed by atoms with van der Waals surface area (Å²) in [7, 11) is 0. The molecule has 1 aliphatic heterocycles. The fraction of sp³-hybridized carbons (Fsp3) is 0.500. The summed E-state index contributed by atoms with van der Waals surface area (Å²) in [5, 5.41) is 0. The largest absolute Gasteiger partial charge is 0.464 e. The van der Waals surface area contributed by atoms with E-state index in [9.17, 15) is 0 Å². The molecule has 0 bridgehead atoms. The van der Waals surface area contributed by atoms with Gasteiger partial charge in [-0.1, -0.05) is 6.92 Å². The Hall–Kier alpha value is -1.88. The minimum absolute atomic E-state index is 0.372. The first kappa shape index (κ1) is 12.8. The minimum atomic E-state index is 0.372. The van der Waals surface area contributed by atoms with Crippen molar-refractivity contribution >= 4 is 5.95 Å². The van der Waals surface area contributed by atoms with Gasteiger partial charge in [0.2, 0.25) is 5.95 Å². The highest BCUT2D eigenvalue weighted by Crippen LogP contribution is 2.47. The highest BCUT2D eigenvalue weighted by Gasteiger charge is 2.36. The first-order valence-electron chi connectivity index (χ1n) is 7.60. The number of nitrogens with two attached hydrogens (primary N) is 1. The fourth-order valence-electron chi connectivity index (χ4n) is 3.14. The fourth-order valence-corrected chi connectivity index (χ4v) is 3.14. The monoisotopic (exact) mass is 284 g/mol. The Bertz CT molecular complexity index is 666. The van der Waals surface area contributed by atoms with Crippen molar-refractivity contribution in [2.24, 2.45) is 5.92 Å². The lowest BCUT2D eigenvalue weighted by Gasteiger charge is -2.26. The Balaban J connectivity index is 1.44. The minimum Gasteiger partial charge on any atom is -0.464 e. The molecule has 0 saturated heterocycles. The van der Waals surface area contributed by atoms with Crippen LogP contribution in [-0.4, -0.2) is 21.4 Å². The maximum absolute atomic E-state index is 5.99. The van der Waals surface area contributed by atoms with E-state index in [0.717, 1.165) is 49.2 Å². The average molecular weight is 284 g/mol. The van der Waals surface area contributed by atoms with Gasteiger partial charge >= 0.3 is 0 Å². The van der Waals surface area contributed by atoms with Gasteiger partial charge in [0, 0.05) is 37.2 Å². The number of hydrogen-bond acceptors (Lipinski definition) is 5. The summed E-state index contributed by atoms with van der Waals surface area (Å²) < 4.78 is 5.99. The van der Waals surface area contributed by atoms with Gasteiger partial charge in [-0.2, -0.15) is 0 Å². The van der Waals surface area contributed by atoms with Crippen molar-refractivity contribution in [2.75, 3.05) is 12.3 Å². The zero-order valence-corrected chi connectivity index (χ0v) is 12.2. The highest BCUT2D eigenvalue weighted by molar-refractivity contribution is 5.27. The van der Waals surface area contributed by atoms with Crippen LogP contribution in [0, 0.1) is 5.92 Å². The van der Waals surface area contributed by atoms with E-state index in [4.69, 9.17) is 10.2 Å². The summed E-state index contributed by atoms with van der Waals surface area (Å²) >= 11 is 0. The third-order valence-electron chi connectivity index (χ3n) is 4.57. The number of hydrogen-bond donors (Lipinski definition) is 1. The van der Waals surface area contributed by atoms with E-state index in [2.05, 4.69) is 33.9 Å². The van der Waals surface area contributed by atoms with Crippen molar-refractivity contribution in [1.29, 1.82) is 0 Å². The van der Waals surface area contributed by atoms with Gasteiger partial charge in [-0.05, 0) is 24.5 Å². The van der Waals surface area contributed by atoms with Crippen LogP contribution < -0.4 is 5.73 Å². The molecule has 0 spiro atoms. The van der Waals surface area contributed by atoms with Crippen LogP contribution in [0.15, 0.2) is 22.7 Å². The summed E-state index contributed by atoms with van der Waals surface area (Å²) in [6.07, 6.45) is 4.04. The number of fused-ring (bicyclic) bond motifs is 1. The molecular formula is C16H20N4O. The molecule has 21 heavy (non-hydrogen) atoms. The first-order chi connectivity index (χ1) is 10.2. The number of anilines is 1. The Morgan fingerprint density at radius 3 is 3.10 bits per heavy atom. The lowest BCUT2D eigenvalue weighted by Crippen LogP contribution is -2.30. The third-order valence-corrected chi connectivity index (χ3v) is 4.57. The molecule has 2 aliphatic rings. The summed E-state index contributed by atoms with van der Waals surface area (Å²) in [5.74, 6) is 4.03. The van der Waals surface area contributed by atoms with Gasteiger partial charge in [0.1, 0.15) is 11.5 Å². The Morgan fingerprint density at radius 2 is 2.29 bits per heavy atom. The molecule has 2 unspecified atom stereocenters. The van der Waals surface area contributed by atoms with Crippen molar-refractivity contribution in [2.45, 2.75) is 38.8 Å². The van der Waals surface area contributed by atoms with Gasteiger partial charge in [0.25, 0.3) is 0 Å². The van der Waals surface area contributed by atoms with Crippen LogP contribution in [0.25, 0.3) is 0 Å². The molecule has 3 heterocycles. The summed E-state index contributed by atoms with van der Waals surface area (Å²) in [5.41, 5.74) is 7.90. The van der Waals surface area contributed by atoms with Crippen molar-refractivity contribution < 1.29 is 4.42 Å². The standard InChI is InChI=1S/C16H20N4O/c1-10-6-13(10)15-3-2-12(21-15)9-20-5-4-14-11(8-20)7-18-16(17)19-14/h2-3,7,10,13H,4-6,8-9H2,1H3,(H2,17,18,19). The summed E-state index contributed by atoms with van der Waals surface area (Å²) in [6.45, 7) is 4.98. The van der Waals surface area contributed by atoms with Crippen LogP contribution in [0.1, 0.15) is 42.0 Å². The van der Waals surface area contributed by atoms with Crippen LogP contribution in [0.3, 0.4) is 0 Å². The van der Waals surface area contributed by atoms with Gasteiger partial charge in [0.15, 0.2) is 0 Å². The van der Waals surface area contributed by atoms with Gasteiger partial charge in [-0.25, -0.2) is 9.97 Å². The number of rotatable bonds is 3. The molecule has 4 rings (SSSR count). The topological polar surface area (TPSA) is 68.2 Å². The second-order valence-electron chi connectivity index (χ2n) is 6.28. The van der Waals surface area contributed by atoms with Gasteiger partial charge in [0.05, 0.1) is 12.2 Å². The SMILES string of the molecule is CC1CC1c1ccc(CN2CCc3nc(N)ncc3C2)o1. The lowest BCUT2D eigenvalue weighted by atomic mass is 10.1. The predicted octanol–water partition coefficient (Wildman–Crippen LogP) is 2.33. The molecule has 2 aromatic rings. The number of furan rings is 1. The molecule has 0 aromatic carbocycles. The van der Waals surface area contributed by atoms with Gasteiger partial charge in [-0.15, -0.1) is 0 Å². The molecule has 2 atom stereocenters. The highest BCUT2D eigenvalue weighted by atomic mass is 16.3. The lowest BCUT2D eigenvalue weighted by molar-refractivity contribution is 0.221. The number of aromatic nitrogens is 2.